The zero-order chi connectivity index (χ0) is 10.2. The highest BCUT2D eigenvalue weighted by Crippen LogP contribution is 2.09. The lowest BCUT2D eigenvalue weighted by atomic mass is 10.1. The Morgan fingerprint density at radius 3 is 2.93 bits per heavy atom. The second-order valence-corrected chi connectivity index (χ2v) is 3.78. The summed E-state index contributed by atoms with van der Waals surface area (Å²) in [6.07, 6.45) is 8.84. The van der Waals surface area contributed by atoms with E-state index in [1.54, 1.807) is 6.20 Å². The average molecular weight is 192 g/mol. The van der Waals surface area contributed by atoms with Crippen LogP contribution in [0.5, 0.6) is 0 Å². The van der Waals surface area contributed by atoms with Gasteiger partial charge in [0.05, 0.1) is 5.69 Å². The van der Waals surface area contributed by atoms with Gasteiger partial charge in [0.2, 0.25) is 0 Å². The molecule has 0 saturated heterocycles. The van der Waals surface area contributed by atoms with E-state index in [0.29, 0.717) is 6.04 Å². The van der Waals surface area contributed by atoms with Crippen LogP contribution in [0.1, 0.15) is 39.5 Å². The van der Waals surface area contributed by atoms with Crippen LogP contribution in [0, 0.1) is 0 Å². The molecule has 14 heavy (non-hydrogen) atoms. The Hall–Kier alpha value is -1.05. The molecule has 2 nitrogen and oxygen atoms in total. The van der Waals surface area contributed by atoms with Gasteiger partial charge >= 0.3 is 0 Å². The van der Waals surface area contributed by atoms with Gasteiger partial charge in [-0.15, -0.1) is 0 Å². The molecule has 1 rings (SSSR count). The molecule has 0 aliphatic heterocycles. The molecule has 1 aromatic rings. The molecular formula is C12H20N2. The highest BCUT2D eigenvalue weighted by atomic mass is 14.9. The van der Waals surface area contributed by atoms with Gasteiger partial charge in [-0.2, -0.15) is 0 Å². The average Bonchev–Trinajstić information content (AvgIpc) is 2.20. The minimum absolute atomic E-state index is 0.547. The zero-order valence-electron chi connectivity index (χ0n) is 9.16. The lowest BCUT2D eigenvalue weighted by Gasteiger charge is -2.14. The SMILES string of the molecule is CCCCCC(C)Nc1cccnc1. The van der Waals surface area contributed by atoms with Crippen LogP contribution in [0.15, 0.2) is 24.5 Å². The first-order valence-corrected chi connectivity index (χ1v) is 5.49. The molecule has 78 valence electrons. The normalized spacial score (nSPS) is 12.4. The van der Waals surface area contributed by atoms with Crippen LogP contribution >= 0.6 is 0 Å². The number of nitrogens with zero attached hydrogens (tertiary/aromatic N) is 1. The summed E-state index contributed by atoms with van der Waals surface area (Å²) < 4.78 is 0. The lowest BCUT2D eigenvalue weighted by molar-refractivity contribution is 0.615. The molecule has 0 fully saturated rings. The topological polar surface area (TPSA) is 24.9 Å². The summed E-state index contributed by atoms with van der Waals surface area (Å²) in [6, 6.07) is 4.57. The molecule has 2 heteroatoms. The largest absolute Gasteiger partial charge is 0.381 e. The van der Waals surface area contributed by atoms with Crippen LogP contribution in [0.2, 0.25) is 0 Å². The first-order chi connectivity index (χ1) is 6.83. The number of hydrogen-bond acceptors (Lipinski definition) is 2. The Bertz CT molecular complexity index is 233. The van der Waals surface area contributed by atoms with Crippen molar-refractivity contribution in [2.75, 3.05) is 5.32 Å². The van der Waals surface area contributed by atoms with Crippen molar-refractivity contribution in [3.8, 4) is 0 Å². The van der Waals surface area contributed by atoms with Crippen LogP contribution in [-0.4, -0.2) is 11.0 Å². The number of pyridine rings is 1. The van der Waals surface area contributed by atoms with Gasteiger partial charge < -0.3 is 5.32 Å². The summed E-state index contributed by atoms with van der Waals surface area (Å²) in [4.78, 5) is 4.07. The second-order valence-electron chi connectivity index (χ2n) is 3.78. The summed E-state index contributed by atoms with van der Waals surface area (Å²) in [5.74, 6) is 0. The van der Waals surface area contributed by atoms with E-state index in [1.807, 2.05) is 12.3 Å². The first-order valence-electron chi connectivity index (χ1n) is 5.49. The molecule has 0 bridgehead atoms. The highest BCUT2D eigenvalue weighted by Gasteiger charge is 2.00. The summed E-state index contributed by atoms with van der Waals surface area (Å²) in [7, 11) is 0. The summed E-state index contributed by atoms with van der Waals surface area (Å²) in [6.45, 7) is 4.46. The van der Waals surface area contributed by atoms with E-state index in [1.165, 1.54) is 25.7 Å². The van der Waals surface area contributed by atoms with Gasteiger partial charge in [0.1, 0.15) is 0 Å². The van der Waals surface area contributed by atoms with E-state index >= 15 is 0 Å². The number of nitrogens with one attached hydrogen (secondary N) is 1. The van der Waals surface area contributed by atoms with E-state index < -0.39 is 0 Å². The van der Waals surface area contributed by atoms with Crippen molar-refractivity contribution >= 4 is 5.69 Å². The fourth-order valence-corrected chi connectivity index (χ4v) is 1.51. The van der Waals surface area contributed by atoms with Gasteiger partial charge in [-0.1, -0.05) is 26.2 Å². The quantitative estimate of drug-likeness (QED) is 0.698. The van der Waals surface area contributed by atoms with E-state index in [9.17, 15) is 0 Å². The minimum Gasteiger partial charge on any atom is -0.381 e. The fourth-order valence-electron chi connectivity index (χ4n) is 1.51. The molecule has 1 heterocycles. The van der Waals surface area contributed by atoms with Gasteiger partial charge in [-0.3, -0.25) is 4.98 Å². The smallest absolute Gasteiger partial charge is 0.0528 e. The van der Waals surface area contributed by atoms with Gasteiger partial charge in [-0.05, 0) is 25.5 Å². The maximum Gasteiger partial charge on any atom is 0.0528 e. The van der Waals surface area contributed by atoms with E-state index in [2.05, 4.69) is 30.2 Å². The number of anilines is 1. The maximum absolute atomic E-state index is 4.07. The third-order valence-electron chi connectivity index (χ3n) is 2.32. The van der Waals surface area contributed by atoms with E-state index in [4.69, 9.17) is 0 Å². The van der Waals surface area contributed by atoms with Gasteiger partial charge in [-0.25, -0.2) is 0 Å². The summed E-state index contributed by atoms with van der Waals surface area (Å²) in [5.41, 5.74) is 1.12. The first kappa shape index (κ1) is 11.0. The van der Waals surface area contributed by atoms with Gasteiger partial charge in [0.15, 0.2) is 0 Å². The van der Waals surface area contributed by atoms with Crippen molar-refractivity contribution in [3.05, 3.63) is 24.5 Å². The van der Waals surface area contributed by atoms with Gasteiger partial charge in [0, 0.05) is 18.4 Å². The molecule has 1 aromatic heterocycles. The van der Waals surface area contributed by atoms with E-state index in [0.717, 1.165) is 5.69 Å². The fraction of sp³-hybridized carbons (Fsp3) is 0.583. The van der Waals surface area contributed by atoms with Crippen molar-refractivity contribution in [2.45, 2.75) is 45.6 Å². The molecule has 0 radical (unpaired) electrons. The molecule has 0 aliphatic rings. The maximum atomic E-state index is 4.07. The predicted molar refractivity (Wildman–Crippen MR) is 61.5 cm³/mol. The van der Waals surface area contributed by atoms with Crippen molar-refractivity contribution in [1.29, 1.82) is 0 Å². The van der Waals surface area contributed by atoms with Crippen LogP contribution in [0.3, 0.4) is 0 Å². The molecular weight excluding hydrogens is 172 g/mol. The molecule has 0 saturated carbocycles. The Kier molecular flexibility index (Phi) is 5.05. The Labute approximate surface area is 86.8 Å². The number of hydrogen-bond donors (Lipinski definition) is 1. The molecule has 1 atom stereocenters. The van der Waals surface area contributed by atoms with E-state index in [-0.39, 0.29) is 0 Å². The predicted octanol–water partition coefficient (Wildman–Crippen LogP) is 3.46. The zero-order valence-corrected chi connectivity index (χ0v) is 9.16. The third kappa shape index (κ3) is 4.26. The third-order valence-corrected chi connectivity index (χ3v) is 2.32. The van der Waals surface area contributed by atoms with Crippen LogP contribution in [-0.2, 0) is 0 Å². The molecule has 0 amide bonds. The van der Waals surface area contributed by atoms with Crippen molar-refractivity contribution < 1.29 is 0 Å². The summed E-state index contributed by atoms with van der Waals surface area (Å²) >= 11 is 0. The molecule has 0 aliphatic carbocycles. The second kappa shape index (κ2) is 6.41. The molecule has 0 spiro atoms. The molecule has 0 aromatic carbocycles. The highest BCUT2D eigenvalue weighted by molar-refractivity contribution is 5.40. The minimum atomic E-state index is 0.547. The summed E-state index contributed by atoms with van der Waals surface area (Å²) in [5, 5.41) is 3.44. The Morgan fingerprint density at radius 2 is 2.29 bits per heavy atom. The van der Waals surface area contributed by atoms with Crippen LogP contribution < -0.4 is 5.32 Å². The lowest BCUT2D eigenvalue weighted by Crippen LogP contribution is -2.14. The monoisotopic (exact) mass is 192 g/mol. The number of aromatic nitrogens is 1. The Balaban J connectivity index is 2.23. The van der Waals surface area contributed by atoms with Crippen molar-refractivity contribution in [3.63, 3.8) is 0 Å². The molecule has 1 unspecified atom stereocenters. The van der Waals surface area contributed by atoms with Crippen LogP contribution in [0.4, 0.5) is 5.69 Å². The van der Waals surface area contributed by atoms with Crippen molar-refractivity contribution in [2.24, 2.45) is 0 Å². The number of rotatable bonds is 6. The van der Waals surface area contributed by atoms with Crippen molar-refractivity contribution in [1.82, 2.24) is 4.98 Å². The molecule has 1 N–H and O–H groups in total. The van der Waals surface area contributed by atoms with Gasteiger partial charge in [0.25, 0.3) is 0 Å². The number of unbranched alkanes of at least 4 members (excludes halogenated alkanes) is 2. The van der Waals surface area contributed by atoms with Crippen LogP contribution in [0.25, 0.3) is 0 Å². The standard InChI is InChI=1S/C12H20N2/c1-3-4-5-7-11(2)14-12-8-6-9-13-10-12/h6,8-11,14H,3-5,7H2,1-2H3. The Morgan fingerprint density at radius 1 is 1.43 bits per heavy atom.